The molecule has 0 radical (unpaired) electrons. The van der Waals surface area contributed by atoms with E-state index in [9.17, 15) is 10.1 Å². The van der Waals surface area contributed by atoms with Gasteiger partial charge in [0.25, 0.3) is 0 Å². The Morgan fingerprint density at radius 2 is 1.94 bits per heavy atom. The minimum Gasteiger partial charge on any atom is -0.444 e. The number of ether oxygens (including phenoxy) is 1. The Morgan fingerprint density at radius 1 is 1.16 bits per heavy atom. The van der Waals surface area contributed by atoms with E-state index >= 15 is 0 Å². The number of Topliss-reactive ketones (excluding diaryl/α,β-unsaturated/α-hetero) is 1. The predicted molar refractivity (Wildman–Crippen MR) is 115 cm³/mol. The average molecular weight is 411 g/mol. The number of hydrogen-bond donors (Lipinski definition) is 1. The minimum absolute atomic E-state index is 0.00908. The molecule has 31 heavy (non-hydrogen) atoms. The van der Waals surface area contributed by atoms with E-state index in [0.29, 0.717) is 35.5 Å². The molecule has 154 valence electrons. The van der Waals surface area contributed by atoms with Gasteiger partial charge in [0.05, 0.1) is 11.3 Å². The molecule has 1 aliphatic heterocycles. The molecular weight excluding hydrogens is 390 g/mol. The molecule has 6 nitrogen and oxygen atoms in total. The van der Waals surface area contributed by atoms with Crippen LogP contribution < -0.4 is 5.73 Å². The number of ketones is 1. The van der Waals surface area contributed by atoms with E-state index in [4.69, 9.17) is 15.0 Å². The molecule has 1 atom stereocenters. The van der Waals surface area contributed by atoms with Crippen molar-refractivity contribution in [2.24, 2.45) is 11.1 Å². The Balaban J connectivity index is 1.70. The maximum Gasteiger partial charge on any atom is 0.205 e. The van der Waals surface area contributed by atoms with Crippen molar-refractivity contribution in [3.63, 3.8) is 0 Å². The van der Waals surface area contributed by atoms with E-state index < -0.39 is 5.92 Å². The third-order valence-electron chi connectivity index (χ3n) is 5.95. The van der Waals surface area contributed by atoms with Crippen LogP contribution in [0.15, 0.2) is 75.8 Å². The fourth-order valence-corrected chi connectivity index (χ4v) is 4.55. The summed E-state index contributed by atoms with van der Waals surface area (Å²) in [6, 6.07) is 17.5. The standard InChI is InChI=1S/C25H21N3O3/c1-25(2)11-19(29)22-20(12-25)30-24(27)17(13-26)21(22)15-8-9-18-16(10-15)23(31-28-18)14-6-4-3-5-7-14/h3-10,21H,11-12,27H2,1-2H3/t21-/m0/s1. The number of carbonyl (C=O) groups is 1. The largest absolute Gasteiger partial charge is 0.444 e. The average Bonchev–Trinajstić information content (AvgIpc) is 3.15. The first-order chi connectivity index (χ1) is 14.9. The van der Waals surface area contributed by atoms with Crippen molar-refractivity contribution in [1.82, 2.24) is 5.16 Å². The van der Waals surface area contributed by atoms with Gasteiger partial charge in [-0.3, -0.25) is 4.79 Å². The summed E-state index contributed by atoms with van der Waals surface area (Å²) in [6.45, 7) is 4.06. The summed E-state index contributed by atoms with van der Waals surface area (Å²) in [5, 5.41) is 14.8. The van der Waals surface area contributed by atoms with Crippen LogP contribution in [0.4, 0.5) is 0 Å². The monoisotopic (exact) mass is 411 g/mol. The molecule has 1 aromatic heterocycles. The third kappa shape index (κ3) is 3.10. The van der Waals surface area contributed by atoms with Crippen molar-refractivity contribution in [1.29, 1.82) is 5.26 Å². The molecule has 2 N–H and O–H groups in total. The summed E-state index contributed by atoms with van der Waals surface area (Å²) in [4.78, 5) is 13.2. The summed E-state index contributed by atoms with van der Waals surface area (Å²) >= 11 is 0. The number of nitrogens with zero attached hydrogens (tertiary/aromatic N) is 2. The maximum absolute atomic E-state index is 13.2. The van der Waals surface area contributed by atoms with Crippen LogP contribution in [0.3, 0.4) is 0 Å². The van der Waals surface area contributed by atoms with Gasteiger partial charge in [-0.05, 0) is 23.1 Å². The second-order valence-electron chi connectivity index (χ2n) is 8.86. The number of allylic oxidation sites excluding steroid dienone is 3. The molecule has 0 saturated carbocycles. The van der Waals surface area contributed by atoms with Gasteiger partial charge < -0.3 is 15.0 Å². The fourth-order valence-electron chi connectivity index (χ4n) is 4.55. The van der Waals surface area contributed by atoms with Crippen molar-refractivity contribution in [2.75, 3.05) is 0 Å². The number of nitrogens with two attached hydrogens (primary N) is 1. The molecule has 0 fully saturated rings. The molecule has 2 aliphatic rings. The van der Waals surface area contributed by atoms with Gasteiger partial charge in [0.1, 0.15) is 22.9 Å². The highest BCUT2D eigenvalue weighted by molar-refractivity contribution is 6.00. The lowest BCUT2D eigenvalue weighted by atomic mass is 9.70. The van der Waals surface area contributed by atoms with Crippen molar-refractivity contribution >= 4 is 16.7 Å². The first kappa shape index (κ1) is 19.1. The number of fused-ring (bicyclic) bond motifs is 1. The molecular formula is C25H21N3O3. The lowest BCUT2D eigenvalue weighted by Gasteiger charge is -2.37. The van der Waals surface area contributed by atoms with E-state index in [1.165, 1.54) is 0 Å². The molecule has 0 spiro atoms. The summed E-state index contributed by atoms with van der Waals surface area (Å²) < 4.78 is 11.4. The molecule has 1 aliphatic carbocycles. The number of aromatic nitrogens is 1. The van der Waals surface area contributed by atoms with Crippen LogP contribution in [0.2, 0.25) is 0 Å². The van der Waals surface area contributed by atoms with E-state index in [1.807, 2.05) is 62.4 Å². The van der Waals surface area contributed by atoms with E-state index in [0.717, 1.165) is 16.5 Å². The maximum atomic E-state index is 13.2. The van der Waals surface area contributed by atoms with Crippen LogP contribution in [-0.4, -0.2) is 10.9 Å². The summed E-state index contributed by atoms with van der Waals surface area (Å²) in [6.07, 6.45) is 0.990. The van der Waals surface area contributed by atoms with E-state index in [2.05, 4.69) is 11.2 Å². The molecule has 3 aromatic rings. The molecule has 2 heterocycles. The second-order valence-corrected chi connectivity index (χ2v) is 8.86. The quantitative estimate of drug-likeness (QED) is 0.640. The zero-order valence-electron chi connectivity index (χ0n) is 17.3. The summed E-state index contributed by atoms with van der Waals surface area (Å²) in [7, 11) is 0. The Bertz CT molecular complexity index is 1320. The molecule has 6 heteroatoms. The number of nitriles is 1. The highest BCUT2D eigenvalue weighted by Crippen LogP contribution is 2.48. The number of hydrogen-bond acceptors (Lipinski definition) is 6. The van der Waals surface area contributed by atoms with Gasteiger partial charge in [0.2, 0.25) is 5.88 Å². The van der Waals surface area contributed by atoms with Crippen LogP contribution in [0.5, 0.6) is 0 Å². The molecule has 0 unspecified atom stereocenters. The van der Waals surface area contributed by atoms with Crippen LogP contribution in [0.1, 0.15) is 38.2 Å². The number of benzene rings is 2. The van der Waals surface area contributed by atoms with Gasteiger partial charge in [-0.15, -0.1) is 0 Å². The number of rotatable bonds is 2. The van der Waals surface area contributed by atoms with Crippen LogP contribution in [-0.2, 0) is 9.53 Å². The summed E-state index contributed by atoms with van der Waals surface area (Å²) in [5.74, 6) is 0.692. The second kappa shape index (κ2) is 6.85. The van der Waals surface area contributed by atoms with Gasteiger partial charge in [-0.2, -0.15) is 5.26 Å². The van der Waals surface area contributed by atoms with Gasteiger partial charge in [-0.25, -0.2) is 0 Å². The Hall–Kier alpha value is -3.85. The van der Waals surface area contributed by atoms with Gasteiger partial charge in [0, 0.05) is 24.0 Å². The van der Waals surface area contributed by atoms with Crippen molar-refractivity contribution in [2.45, 2.75) is 32.6 Å². The van der Waals surface area contributed by atoms with Gasteiger partial charge >= 0.3 is 0 Å². The molecule has 0 saturated heterocycles. The fraction of sp³-hybridized carbons (Fsp3) is 0.240. The normalized spacial score (nSPS) is 20.4. The van der Waals surface area contributed by atoms with Gasteiger partial charge in [0.15, 0.2) is 11.5 Å². The van der Waals surface area contributed by atoms with Gasteiger partial charge in [-0.1, -0.05) is 55.4 Å². The highest BCUT2D eigenvalue weighted by atomic mass is 16.5. The zero-order chi connectivity index (χ0) is 21.8. The Kier molecular flexibility index (Phi) is 4.23. The van der Waals surface area contributed by atoms with Crippen LogP contribution in [0, 0.1) is 16.7 Å². The Morgan fingerprint density at radius 3 is 2.68 bits per heavy atom. The van der Waals surface area contributed by atoms with E-state index in [1.54, 1.807) is 0 Å². The topological polar surface area (TPSA) is 102 Å². The minimum atomic E-state index is -0.569. The third-order valence-corrected chi connectivity index (χ3v) is 5.95. The van der Waals surface area contributed by atoms with Crippen LogP contribution >= 0.6 is 0 Å². The van der Waals surface area contributed by atoms with Crippen molar-refractivity contribution in [3.8, 4) is 17.4 Å². The first-order valence-electron chi connectivity index (χ1n) is 10.2. The first-order valence-corrected chi connectivity index (χ1v) is 10.2. The number of carbonyl (C=O) groups excluding carboxylic acids is 1. The molecule has 5 rings (SSSR count). The Labute approximate surface area is 179 Å². The SMILES string of the molecule is CC1(C)CC(=O)C2=C(C1)OC(N)=C(C#N)[C@@H]2c1ccc2noc(-c3ccccc3)c2c1. The lowest BCUT2D eigenvalue weighted by Crippen LogP contribution is -2.33. The van der Waals surface area contributed by atoms with Crippen molar-refractivity contribution < 1.29 is 14.1 Å². The van der Waals surface area contributed by atoms with Crippen molar-refractivity contribution in [3.05, 3.63) is 76.9 Å². The smallest absolute Gasteiger partial charge is 0.205 e. The zero-order valence-corrected chi connectivity index (χ0v) is 17.3. The van der Waals surface area contributed by atoms with Crippen LogP contribution in [0.25, 0.3) is 22.2 Å². The molecule has 0 bridgehead atoms. The molecule has 0 amide bonds. The van der Waals surface area contributed by atoms with E-state index in [-0.39, 0.29) is 22.7 Å². The molecule has 2 aromatic carbocycles. The lowest BCUT2D eigenvalue weighted by molar-refractivity contribution is -0.119. The predicted octanol–water partition coefficient (Wildman–Crippen LogP) is 4.95. The highest BCUT2D eigenvalue weighted by Gasteiger charge is 2.43. The summed E-state index contributed by atoms with van der Waals surface area (Å²) in [5.41, 5.74) is 9.09.